The number of nitrogens with zero attached hydrogens (tertiary/aromatic N) is 1. The number of alkyl halides is 3. The normalized spacial score (nSPS) is 14.3. The molecule has 3 nitrogen and oxygen atoms in total. The van der Waals surface area contributed by atoms with Crippen LogP contribution in [0.2, 0.25) is 0 Å². The van der Waals surface area contributed by atoms with Gasteiger partial charge in [-0.2, -0.15) is 13.2 Å². The monoisotopic (exact) mass is 303 g/mol. The van der Waals surface area contributed by atoms with Crippen LogP contribution in [0.3, 0.4) is 0 Å². The summed E-state index contributed by atoms with van der Waals surface area (Å²) in [6.07, 6.45) is -2.43. The number of fused-ring (bicyclic) bond motifs is 1. The fourth-order valence-electron chi connectivity index (χ4n) is 2.50. The molecule has 0 unspecified atom stereocenters. The van der Waals surface area contributed by atoms with Gasteiger partial charge in [-0.25, -0.2) is 0 Å². The Morgan fingerprint density at radius 2 is 2.05 bits per heavy atom. The minimum Gasteiger partial charge on any atom is -0.493 e. The first-order chi connectivity index (χ1) is 9.98. The van der Waals surface area contributed by atoms with Crippen LogP contribution < -0.4 is 4.74 Å². The summed E-state index contributed by atoms with van der Waals surface area (Å²) in [7, 11) is 0. The molecule has 118 valence electrons. The Morgan fingerprint density at radius 1 is 1.24 bits per heavy atom. The summed E-state index contributed by atoms with van der Waals surface area (Å²) in [5.41, 5.74) is 2.15. The van der Waals surface area contributed by atoms with Crippen molar-refractivity contribution >= 4 is 0 Å². The topological polar surface area (TPSA) is 32.7 Å². The van der Waals surface area contributed by atoms with Gasteiger partial charge in [-0.1, -0.05) is 12.1 Å². The van der Waals surface area contributed by atoms with E-state index in [0.717, 1.165) is 23.3 Å². The Balaban J connectivity index is 1.91. The van der Waals surface area contributed by atoms with Crippen LogP contribution in [0.4, 0.5) is 13.2 Å². The largest absolute Gasteiger partial charge is 0.493 e. The highest BCUT2D eigenvalue weighted by Gasteiger charge is 2.30. The molecule has 21 heavy (non-hydrogen) atoms. The highest BCUT2D eigenvalue weighted by Crippen LogP contribution is 2.26. The summed E-state index contributed by atoms with van der Waals surface area (Å²) in [4.78, 5) is 1.35. The van der Waals surface area contributed by atoms with Gasteiger partial charge in [0.1, 0.15) is 5.75 Å². The van der Waals surface area contributed by atoms with Gasteiger partial charge in [0.25, 0.3) is 0 Å². The lowest BCUT2D eigenvalue weighted by Gasteiger charge is -2.23. The van der Waals surface area contributed by atoms with Gasteiger partial charge in [-0.3, -0.25) is 4.90 Å². The maximum atomic E-state index is 12.5. The van der Waals surface area contributed by atoms with Crippen molar-refractivity contribution in [2.45, 2.75) is 25.4 Å². The molecule has 0 spiro atoms. The molecule has 0 radical (unpaired) electrons. The second-order valence-corrected chi connectivity index (χ2v) is 5.26. The van der Waals surface area contributed by atoms with Crippen LogP contribution in [0.15, 0.2) is 18.2 Å². The van der Waals surface area contributed by atoms with Crippen LogP contribution >= 0.6 is 0 Å². The molecule has 0 aliphatic carbocycles. The fraction of sp³-hybridized carbons (Fsp3) is 0.600. The van der Waals surface area contributed by atoms with Gasteiger partial charge >= 0.3 is 6.18 Å². The summed E-state index contributed by atoms with van der Waals surface area (Å²) < 4.78 is 43.0. The molecular weight excluding hydrogens is 283 g/mol. The number of hydrogen-bond acceptors (Lipinski definition) is 3. The molecule has 0 saturated heterocycles. The number of ether oxygens (including phenoxy) is 1. The Hall–Kier alpha value is -1.27. The molecule has 0 aromatic heterocycles. The van der Waals surface area contributed by atoms with Crippen molar-refractivity contribution in [1.82, 2.24) is 4.90 Å². The predicted octanol–water partition coefficient (Wildman–Crippen LogP) is 2.41. The van der Waals surface area contributed by atoms with Crippen LogP contribution in [0.25, 0.3) is 0 Å². The molecule has 1 aliphatic rings. The lowest BCUT2D eigenvalue weighted by molar-refractivity contribution is -0.146. The number of hydrogen-bond donors (Lipinski definition) is 1. The van der Waals surface area contributed by atoms with E-state index in [4.69, 9.17) is 9.84 Å². The molecule has 1 heterocycles. The summed E-state index contributed by atoms with van der Waals surface area (Å²) in [6, 6.07) is 5.81. The van der Waals surface area contributed by atoms with E-state index in [2.05, 4.69) is 0 Å². The highest BCUT2D eigenvalue weighted by molar-refractivity contribution is 5.39. The predicted molar refractivity (Wildman–Crippen MR) is 73.5 cm³/mol. The average molecular weight is 303 g/mol. The summed E-state index contributed by atoms with van der Waals surface area (Å²) in [5.74, 6) is 0.881. The molecule has 6 heteroatoms. The first-order valence-corrected chi connectivity index (χ1v) is 7.12. The molecule has 1 aromatic rings. The third-order valence-electron chi connectivity index (χ3n) is 3.51. The SMILES string of the molecule is OCCCN(CCc1ccc2c(c1)CCO2)CC(F)(F)F. The number of aliphatic hydroxyl groups excluding tert-OH is 1. The molecule has 0 fully saturated rings. The number of benzene rings is 1. The quantitative estimate of drug-likeness (QED) is 0.839. The van der Waals surface area contributed by atoms with Gasteiger partial charge in [-0.15, -0.1) is 0 Å². The van der Waals surface area contributed by atoms with Crippen LogP contribution in [-0.4, -0.2) is 49.0 Å². The average Bonchev–Trinajstić information content (AvgIpc) is 2.87. The molecule has 0 bridgehead atoms. The van der Waals surface area contributed by atoms with E-state index in [1.807, 2.05) is 18.2 Å². The lowest BCUT2D eigenvalue weighted by Crippen LogP contribution is -2.36. The van der Waals surface area contributed by atoms with E-state index in [0.29, 0.717) is 26.0 Å². The van der Waals surface area contributed by atoms with Gasteiger partial charge in [0.2, 0.25) is 0 Å². The van der Waals surface area contributed by atoms with Crippen LogP contribution in [0.5, 0.6) is 5.75 Å². The van der Waals surface area contributed by atoms with Crippen molar-refractivity contribution in [2.75, 3.05) is 32.8 Å². The zero-order chi connectivity index (χ0) is 15.3. The molecule has 0 atom stereocenters. The smallest absolute Gasteiger partial charge is 0.401 e. The molecule has 1 aromatic carbocycles. The second-order valence-electron chi connectivity index (χ2n) is 5.26. The zero-order valence-electron chi connectivity index (χ0n) is 11.8. The summed E-state index contributed by atoms with van der Waals surface area (Å²) in [6.45, 7) is 0.240. The van der Waals surface area contributed by atoms with E-state index < -0.39 is 12.7 Å². The first kappa shape index (κ1) is 16.1. The van der Waals surface area contributed by atoms with Crippen molar-refractivity contribution in [3.8, 4) is 5.75 Å². The number of aliphatic hydroxyl groups is 1. The van der Waals surface area contributed by atoms with E-state index in [1.165, 1.54) is 4.90 Å². The van der Waals surface area contributed by atoms with Crippen molar-refractivity contribution in [1.29, 1.82) is 0 Å². The molecule has 0 saturated carbocycles. The molecule has 2 rings (SSSR count). The minimum atomic E-state index is -4.21. The van der Waals surface area contributed by atoms with Gasteiger partial charge < -0.3 is 9.84 Å². The number of halogens is 3. The molecule has 0 amide bonds. The third kappa shape index (κ3) is 5.21. The van der Waals surface area contributed by atoms with Crippen molar-refractivity contribution in [2.24, 2.45) is 0 Å². The Morgan fingerprint density at radius 3 is 2.76 bits per heavy atom. The van der Waals surface area contributed by atoms with E-state index >= 15 is 0 Å². The summed E-state index contributed by atoms with van der Waals surface area (Å²) >= 11 is 0. The highest BCUT2D eigenvalue weighted by atomic mass is 19.4. The maximum absolute atomic E-state index is 12.5. The zero-order valence-corrected chi connectivity index (χ0v) is 11.8. The van der Waals surface area contributed by atoms with Gasteiger partial charge in [0, 0.05) is 26.1 Å². The Kier molecular flexibility index (Phi) is 5.47. The molecular formula is C15H20F3NO2. The van der Waals surface area contributed by atoms with Gasteiger partial charge in [-0.05, 0) is 30.0 Å². The van der Waals surface area contributed by atoms with Crippen LogP contribution in [0.1, 0.15) is 17.5 Å². The maximum Gasteiger partial charge on any atom is 0.401 e. The Bertz CT molecular complexity index is 463. The van der Waals surface area contributed by atoms with Crippen LogP contribution in [0, 0.1) is 0 Å². The molecule has 1 N–H and O–H groups in total. The standard InChI is InChI=1S/C15H20F3NO2/c16-15(17,18)11-19(6-1-8-20)7-4-12-2-3-14-13(10-12)5-9-21-14/h2-3,10,20H,1,4-9,11H2. The minimum absolute atomic E-state index is 0.0927. The van der Waals surface area contributed by atoms with E-state index in [1.54, 1.807) is 0 Å². The fourth-order valence-corrected chi connectivity index (χ4v) is 2.50. The van der Waals surface area contributed by atoms with E-state index in [-0.39, 0.29) is 13.2 Å². The van der Waals surface area contributed by atoms with E-state index in [9.17, 15) is 13.2 Å². The van der Waals surface area contributed by atoms with Gasteiger partial charge in [0.15, 0.2) is 0 Å². The third-order valence-corrected chi connectivity index (χ3v) is 3.51. The van der Waals surface area contributed by atoms with Gasteiger partial charge in [0.05, 0.1) is 13.2 Å². The van der Waals surface area contributed by atoms with Crippen molar-refractivity contribution in [3.05, 3.63) is 29.3 Å². The number of rotatable bonds is 7. The van der Waals surface area contributed by atoms with Crippen molar-refractivity contribution in [3.63, 3.8) is 0 Å². The van der Waals surface area contributed by atoms with Crippen molar-refractivity contribution < 1.29 is 23.0 Å². The lowest BCUT2D eigenvalue weighted by atomic mass is 10.1. The second kappa shape index (κ2) is 7.13. The first-order valence-electron chi connectivity index (χ1n) is 7.12. The Labute approximate surface area is 122 Å². The molecule has 1 aliphatic heterocycles. The summed E-state index contributed by atoms with van der Waals surface area (Å²) in [5, 5.41) is 8.78. The van der Waals surface area contributed by atoms with Crippen LogP contribution in [-0.2, 0) is 12.8 Å².